The van der Waals surface area contributed by atoms with E-state index in [-0.39, 0.29) is 18.2 Å². The predicted octanol–water partition coefficient (Wildman–Crippen LogP) is 1.98. The van der Waals surface area contributed by atoms with Crippen LogP contribution in [0.2, 0.25) is 0 Å². The molecule has 0 amide bonds. The maximum Gasteiger partial charge on any atom is 0.182 e. The molecule has 1 aliphatic rings. The third kappa shape index (κ3) is 2.33. The van der Waals surface area contributed by atoms with Crippen LogP contribution in [-0.2, 0) is 10.4 Å². The summed E-state index contributed by atoms with van der Waals surface area (Å²) >= 11 is 0. The molecule has 1 fully saturated rings. The van der Waals surface area contributed by atoms with Crippen LogP contribution < -0.4 is 5.73 Å². The van der Waals surface area contributed by atoms with E-state index in [1.54, 1.807) is 0 Å². The van der Waals surface area contributed by atoms with Crippen molar-refractivity contribution in [3.63, 3.8) is 0 Å². The van der Waals surface area contributed by atoms with E-state index in [0.717, 1.165) is 25.7 Å². The Labute approximate surface area is 108 Å². The van der Waals surface area contributed by atoms with E-state index >= 15 is 0 Å². The summed E-state index contributed by atoms with van der Waals surface area (Å²) in [5.41, 5.74) is 4.79. The van der Waals surface area contributed by atoms with Gasteiger partial charge in [0.15, 0.2) is 11.4 Å². The molecule has 0 saturated heterocycles. The van der Waals surface area contributed by atoms with Crippen LogP contribution in [0.5, 0.6) is 0 Å². The molecule has 0 spiro atoms. The van der Waals surface area contributed by atoms with E-state index in [1.807, 2.05) is 30.3 Å². The lowest BCUT2D eigenvalue weighted by Crippen LogP contribution is -2.46. The molecular formula is C15H21NO2. The lowest BCUT2D eigenvalue weighted by molar-refractivity contribution is -0.145. The van der Waals surface area contributed by atoms with Crippen molar-refractivity contribution >= 4 is 5.78 Å². The Balaban J connectivity index is 2.36. The van der Waals surface area contributed by atoms with E-state index in [9.17, 15) is 9.90 Å². The number of carbonyl (C=O) groups excluding carboxylic acids is 1. The maximum absolute atomic E-state index is 12.2. The molecule has 1 atom stereocenters. The maximum atomic E-state index is 12.2. The van der Waals surface area contributed by atoms with E-state index in [4.69, 9.17) is 5.73 Å². The summed E-state index contributed by atoms with van der Waals surface area (Å²) in [5.74, 6) is -0.259. The number of aliphatic hydroxyl groups is 1. The summed E-state index contributed by atoms with van der Waals surface area (Å²) in [6.07, 6.45) is 5.15. The van der Waals surface area contributed by atoms with Crippen LogP contribution in [-0.4, -0.2) is 17.4 Å². The number of benzene rings is 1. The van der Waals surface area contributed by atoms with Gasteiger partial charge in [-0.25, -0.2) is 0 Å². The third-order valence-electron chi connectivity index (χ3n) is 4.02. The number of ketones is 1. The summed E-state index contributed by atoms with van der Waals surface area (Å²) < 4.78 is 0. The number of carbonyl (C=O) groups is 1. The number of nitrogens with two attached hydrogens (primary N) is 1. The highest BCUT2D eigenvalue weighted by molar-refractivity contribution is 5.90. The van der Waals surface area contributed by atoms with Gasteiger partial charge in [-0.3, -0.25) is 4.79 Å². The van der Waals surface area contributed by atoms with Crippen LogP contribution in [0, 0.1) is 5.92 Å². The molecule has 3 nitrogen and oxygen atoms in total. The molecule has 0 radical (unpaired) electrons. The smallest absolute Gasteiger partial charge is 0.182 e. The Bertz CT molecular complexity index is 398. The van der Waals surface area contributed by atoms with Gasteiger partial charge in [0.05, 0.1) is 6.54 Å². The van der Waals surface area contributed by atoms with Crippen molar-refractivity contribution in [2.75, 3.05) is 6.54 Å². The highest BCUT2D eigenvalue weighted by atomic mass is 16.3. The Kier molecular flexibility index (Phi) is 4.15. The molecule has 1 aliphatic carbocycles. The largest absolute Gasteiger partial charge is 0.377 e. The Morgan fingerprint density at radius 3 is 2.39 bits per heavy atom. The minimum absolute atomic E-state index is 0.00435. The van der Waals surface area contributed by atoms with Gasteiger partial charge < -0.3 is 10.8 Å². The molecule has 2 rings (SSSR count). The van der Waals surface area contributed by atoms with Crippen LogP contribution in [0.15, 0.2) is 30.3 Å². The normalized spacial score (nSPS) is 20.3. The zero-order valence-electron chi connectivity index (χ0n) is 10.6. The lowest BCUT2D eigenvalue weighted by atomic mass is 9.71. The number of rotatable bonds is 4. The summed E-state index contributed by atoms with van der Waals surface area (Å²) in [6.45, 7) is -0.109. The lowest BCUT2D eigenvalue weighted by Gasteiger charge is -2.37. The van der Waals surface area contributed by atoms with Gasteiger partial charge in [-0.2, -0.15) is 0 Å². The van der Waals surface area contributed by atoms with Gasteiger partial charge in [0.2, 0.25) is 0 Å². The van der Waals surface area contributed by atoms with Crippen molar-refractivity contribution in [1.82, 2.24) is 0 Å². The molecule has 3 heteroatoms. The molecule has 0 aromatic heterocycles. The van der Waals surface area contributed by atoms with Gasteiger partial charge in [0, 0.05) is 0 Å². The number of hydrogen-bond donors (Lipinski definition) is 2. The number of hydrogen-bond acceptors (Lipinski definition) is 3. The van der Waals surface area contributed by atoms with Gasteiger partial charge in [0.25, 0.3) is 0 Å². The van der Waals surface area contributed by atoms with Gasteiger partial charge in [-0.1, -0.05) is 49.6 Å². The highest BCUT2D eigenvalue weighted by Crippen LogP contribution is 2.39. The molecule has 1 aromatic carbocycles. The average Bonchev–Trinajstić information content (AvgIpc) is 2.47. The highest BCUT2D eigenvalue weighted by Gasteiger charge is 2.44. The third-order valence-corrected chi connectivity index (χ3v) is 4.02. The number of Topliss-reactive ketones (excluding diaryl/α,β-unsaturated/α-hetero) is 1. The molecule has 1 unspecified atom stereocenters. The second-order valence-electron chi connectivity index (χ2n) is 5.09. The van der Waals surface area contributed by atoms with E-state index < -0.39 is 5.60 Å². The van der Waals surface area contributed by atoms with Crippen LogP contribution in [0.3, 0.4) is 0 Å². The minimum Gasteiger partial charge on any atom is -0.377 e. The van der Waals surface area contributed by atoms with Gasteiger partial charge >= 0.3 is 0 Å². The van der Waals surface area contributed by atoms with Gasteiger partial charge in [-0.15, -0.1) is 0 Å². The Hall–Kier alpha value is -1.19. The zero-order chi connectivity index (χ0) is 13.0. The van der Waals surface area contributed by atoms with E-state index in [0.29, 0.717) is 5.56 Å². The Morgan fingerprint density at radius 1 is 1.22 bits per heavy atom. The van der Waals surface area contributed by atoms with Crippen molar-refractivity contribution in [3.8, 4) is 0 Å². The average molecular weight is 247 g/mol. The monoisotopic (exact) mass is 247 g/mol. The van der Waals surface area contributed by atoms with Crippen molar-refractivity contribution in [2.24, 2.45) is 11.7 Å². The molecular weight excluding hydrogens is 226 g/mol. The fourth-order valence-electron chi connectivity index (χ4n) is 2.99. The van der Waals surface area contributed by atoms with Crippen LogP contribution in [0.1, 0.15) is 37.7 Å². The molecule has 0 aliphatic heterocycles. The summed E-state index contributed by atoms with van der Waals surface area (Å²) in [6, 6.07) is 9.24. The Morgan fingerprint density at radius 2 is 1.83 bits per heavy atom. The first-order valence-electron chi connectivity index (χ1n) is 6.71. The molecule has 1 aromatic rings. The molecule has 98 valence electrons. The predicted molar refractivity (Wildman–Crippen MR) is 71.0 cm³/mol. The standard InChI is InChI=1S/C15H21NO2/c16-11-14(17)15(18,12-7-3-1-4-8-12)13-9-5-2-6-10-13/h1,3-4,7-8,13,18H,2,5-6,9-11,16H2. The summed E-state index contributed by atoms with van der Waals surface area (Å²) in [4.78, 5) is 12.2. The quantitative estimate of drug-likeness (QED) is 0.855. The SMILES string of the molecule is NCC(=O)C(O)(c1ccccc1)C1CCCCC1. The zero-order valence-corrected chi connectivity index (χ0v) is 10.6. The summed E-state index contributed by atoms with van der Waals surface area (Å²) in [7, 11) is 0. The first kappa shape index (κ1) is 13.2. The van der Waals surface area contributed by atoms with Crippen LogP contribution in [0.4, 0.5) is 0 Å². The second kappa shape index (κ2) is 5.63. The van der Waals surface area contributed by atoms with Crippen LogP contribution >= 0.6 is 0 Å². The van der Waals surface area contributed by atoms with Crippen molar-refractivity contribution in [3.05, 3.63) is 35.9 Å². The first-order valence-corrected chi connectivity index (χ1v) is 6.71. The summed E-state index contributed by atoms with van der Waals surface area (Å²) in [5, 5.41) is 10.9. The molecule has 1 saturated carbocycles. The first-order chi connectivity index (χ1) is 8.69. The molecule has 18 heavy (non-hydrogen) atoms. The van der Waals surface area contributed by atoms with Crippen molar-refractivity contribution < 1.29 is 9.90 Å². The molecule has 0 heterocycles. The molecule has 0 bridgehead atoms. The van der Waals surface area contributed by atoms with Crippen molar-refractivity contribution in [1.29, 1.82) is 0 Å². The fourth-order valence-corrected chi connectivity index (χ4v) is 2.99. The topological polar surface area (TPSA) is 63.3 Å². The molecule has 3 N–H and O–H groups in total. The van der Waals surface area contributed by atoms with Gasteiger partial charge in [-0.05, 0) is 24.3 Å². The van der Waals surface area contributed by atoms with Gasteiger partial charge in [0.1, 0.15) is 0 Å². The van der Waals surface area contributed by atoms with Crippen LogP contribution in [0.25, 0.3) is 0 Å². The minimum atomic E-state index is -1.39. The van der Waals surface area contributed by atoms with Crippen molar-refractivity contribution in [2.45, 2.75) is 37.7 Å². The fraction of sp³-hybridized carbons (Fsp3) is 0.533. The van der Waals surface area contributed by atoms with E-state index in [1.165, 1.54) is 6.42 Å². The second-order valence-corrected chi connectivity index (χ2v) is 5.09. The van der Waals surface area contributed by atoms with E-state index in [2.05, 4.69) is 0 Å².